The minimum absolute atomic E-state index is 0. The molecule has 0 spiro atoms. The zero-order valence-electron chi connectivity index (χ0n) is 14.2. The molecule has 1 unspecified atom stereocenters. The first-order chi connectivity index (χ1) is 12.3. The molecule has 0 radical (unpaired) electrons. The van der Waals surface area contributed by atoms with E-state index in [0.717, 1.165) is 34.8 Å². The predicted octanol–water partition coefficient (Wildman–Crippen LogP) is 3.48. The van der Waals surface area contributed by atoms with E-state index < -0.39 is 0 Å². The third kappa shape index (κ3) is 4.03. The maximum absolute atomic E-state index is 12.5. The average molecular weight is 389 g/mol. The molecular formula is C19H21ClN4OS. The summed E-state index contributed by atoms with van der Waals surface area (Å²) in [6.07, 6.45) is 0.463. The van der Waals surface area contributed by atoms with Crippen LogP contribution < -0.4 is 10.6 Å². The minimum Gasteiger partial charge on any atom is -0.312 e. The number of rotatable bonds is 4. The molecule has 2 N–H and O–H groups in total. The van der Waals surface area contributed by atoms with Gasteiger partial charge < -0.3 is 5.32 Å². The van der Waals surface area contributed by atoms with E-state index in [1.165, 1.54) is 0 Å². The van der Waals surface area contributed by atoms with Crippen LogP contribution in [0.4, 0.5) is 5.95 Å². The molecule has 7 heteroatoms. The van der Waals surface area contributed by atoms with E-state index in [1.54, 1.807) is 0 Å². The van der Waals surface area contributed by atoms with Crippen molar-refractivity contribution in [2.75, 3.05) is 23.4 Å². The number of aromatic nitrogens is 2. The van der Waals surface area contributed by atoms with Gasteiger partial charge in [0.2, 0.25) is 11.9 Å². The molecule has 0 bridgehead atoms. The molecule has 0 saturated carbocycles. The van der Waals surface area contributed by atoms with Crippen molar-refractivity contribution >= 4 is 47.1 Å². The third-order valence-corrected chi connectivity index (χ3v) is 5.39. The van der Waals surface area contributed by atoms with Crippen molar-refractivity contribution in [1.29, 1.82) is 0 Å². The zero-order chi connectivity index (χ0) is 17.1. The van der Waals surface area contributed by atoms with Gasteiger partial charge in [-0.3, -0.25) is 14.7 Å². The molecule has 1 fully saturated rings. The van der Waals surface area contributed by atoms with Crippen molar-refractivity contribution in [3.05, 3.63) is 54.6 Å². The van der Waals surface area contributed by atoms with E-state index in [2.05, 4.69) is 15.6 Å². The SMILES string of the molecule is Cl.O=C(CC1CSCCN1)Nc1nc2ccccc2n1-c1ccccc1. The number of benzene rings is 2. The Hall–Kier alpha value is -2.02. The lowest BCUT2D eigenvalue weighted by molar-refractivity contribution is -0.116. The van der Waals surface area contributed by atoms with Gasteiger partial charge in [0.15, 0.2) is 0 Å². The molecule has 1 aromatic heterocycles. The van der Waals surface area contributed by atoms with Gasteiger partial charge in [0.25, 0.3) is 0 Å². The first-order valence-electron chi connectivity index (χ1n) is 8.45. The van der Waals surface area contributed by atoms with Gasteiger partial charge >= 0.3 is 0 Å². The lowest BCUT2D eigenvalue weighted by atomic mass is 10.2. The Balaban J connectivity index is 0.00000196. The van der Waals surface area contributed by atoms with Gasteiger partial charge in [-0.2, -0.15) is 11.8 Å². The van der Waals surface area contributed by atoms with Gasteiger partial charge in [-0.05, 0) is 24.3 Å². The van der Waals surface area contributed by atoms with Crippen LogP contribution in [0.25, 0.3) is 16.7 Å². The van der Waals surface area contributed by atoms with Crippen molar-refractivity contribution in [3.8, 4) is 5.69 Å². The number of carbonyl (C=O) groups excluding carboxylic acids is 1. The van der Waals surface area contributed by atoms with Crippen LogP contribution in [0.1, 0.15) is 6.42 Å². The summed E-state index contributed by atoms with van der Waals surface area (Å²) in [5.41, 5.74) is 2.83. The van der Waals surface area contributed by atoms with Crippen LogP contribution >= 0.6 is 24.2 Å². The smallest absolute Gasteiger partial charge is 0.228 e. The number of amides is 1. The fourth-order valence-corrected chi connectivity index (χ4v) is 4.05. The van der Waals surface area contributed by atoms with Crippen LogP contribution in [0.2, 0.25) is 0 Å². The van der Waals surface area contributed by atoms with Crippen molar-refractivity contribution in [2.45, 2.75) is 12.5 Å². The van der Waals surface area contributed by atoms with Crippen LogP contribution in [0.3, 0.4) is 0 Å². The number of anilines is 1. The molecule has 0 aliphatic carbocycles. The largest absolute Gasteiger partial charge is 0.312 e. The molecule has 3 aromatic rings. The number of thioether (sulfide) groups is 1. The number of hydrogen-bond donors (Lipinski definition) is 2. The standard InChI is InChI=1S/C19H20N4OS.ClH/c24-18(12-14-13-25-11-10-20-14)22-19-21-16-8-4-5-9-17(16)23(19)15-6-2-1-3-7-15;/h1-9,14,20H,10-13H2,(H,21,22,24);1H. The summed E-state index contributed by atoms with van der Waals surface area (Å²) in [6, 6.07) is 18.1. The Labute approximate surface area is 163 Å². The number of para-hydroxylation sites is 3. The zero-order valence-corrected chi connectivity index (χ0v) is 15.9. The average Bonchev–Trinajstić information content (AvgIpc) is 3.01. The number of nitrogens with zero attached hydrogens (tertiary/aromatic N) is 2. The normalized spacial score (nSPS) is 16.8. The lowest BCUT2D eigenvalue weighted by Gasteiger charge is -2.22. The quantitative estimate of drug-likeness (QED) is 0.718. The molecule has 136 valence electrons. The highest BCUT2D eigenvalue weighted by Crippen LogP contribution is 2.24. The van der Waals surface area contributed by atoms with Gasteiger partial charge in [-0.15, -0.1) is 12.4 Å². The molecule has 1 aliphatic rings. The summed E-state index contributed by atoms with van der Waals surface area (Å²) in [5.74, 6) is 2.65. The molecule has 2 heterocycles. The predicted molar refractivity (Wildman–Crippen MR) is 111 cm³/mol. The highest BCUT2D eigenvalue weighted by molar-refractivity contribution is 7.99. The summed E-state index contributed by atoms with van der Waals surface area (Å²) >= 11 is 1.89. The van der Waals surface area contributed by atoms with Crippen molar-refractivity contribution in [1.82, 2.24) is 14.9 Å². The molecule has 26 heavy (non-hydrogen) atoms. The van der Waals surface area contributed by atoms with Crippen LogP contribution in [0, 0.1) is 0 Å². The number of hydrogen-bond acceptors (Lipinski definition) is 4. The molecular weight excluding hydrogens is 368 g/mol. The minimum atomic E-state index is -0.00696. The summed E-state index contributed by atoms with van der Waals surface area (Å²) in [4.78, 5) is 17.2. The van der Waals surface area contributed by atoms with Gasteiger partial charge in [0, 0.05) is 36.2 Å². The van der Waals surface area contributed by atoms with Crippen LogP contribution in [0.5, 0.6) is 0 Å². The fraction of sp³-hybridized carbons (Fsp3) is 0.263. The van der Waals surface area contributed by atoms with Crippen LogP contribution in [0.15, 0.2) is 54.6 Å². The first-order valence-corrected chi connectivity index (χ1v) is 9.60. The van der Waals surface area contributed by atoms with E-state index in [4.69, 9.17) is 0 Å². The lowest BCUT2D eigenvalue weighted by Crippen LogP contribution is -2.40. The summed E-state index contributed by atoms with van der Waals surface area (Å²) in [7, 11) is 0. The van der Waals surface area contributed by atoms with Crippen molar-refractivity contribution in [3.63, 3.8) is 0 Å². The van der Waals surface area contributed by atoms with E-state index in [-0.39, 0.29) is 24.4 Å². The maximum Gasteiger partial charge on any atom is 0.228 e. The number of carbonyl (C=O) groups is 1. The summed E-state index contributed by atoms with van der Waals surface area (Å²) < 4.78 is 2.00. The Kier molecular flexibility index (Phi) is 6.19. The number of halogens is 1. The summed E-state index contributed by atoms with van der Waals surface area (Å²) in [5, 5.41) is 6.41. The Morgan fingerprint density at radius 3 is 2.73 bits per heavy atom. The Morgan fingerprint density at radius 2 is 1.96 bits per heavy atom. The highest BCUT2D eigenvalue weighted by Gasteiger charge is 2.19. The number of nitrogens with one attached hydrogen (secondary N) is 2. The summed E-state index contributed by atoms with van der Waals surface area (Å²) in [6.45, 7) is 0.963. The maximum atomic E-state index is 12.5. The van der Waals surface area contributed by atoms with Crippen LogP contribution in [-0.2, 0) is 4.79 Å². The van der Waals surface area contributed by atoms with Gasteiger partial charge in [-0.25, -0.2) is 4.98 Å². The van der Waals surface area contributed by atoms with Crippen molar-refractivity contribution < 1.29 is 4.79 Å². The number of imidazole rings is 1. The van der Waals surface area contributed by atoms with E-state index in [9.17, 15) is 4.79 Å². The van der Waals surface area contributed by atoms with Gasteiger partial charge in [0.1, 0.15) is 0 Å². The number of fused-ring (bicyclic) bond motifs is 1. The van der Waals surface area contributed by atoms with Gasteiger partial charge in [0.05, 0.1) is 11.0 Å². The molecule has 2 aromatic carbocycles. The molecule has 5 nitrogen and oxygen atoms in total. The Morgan fingerprint density at radius 1 is 1.19 bits per heavy atom. The van der Waals surface area contributed by atoms with E-state index >= 15 is 0 Å². The molecule has 1 amide bonds. The second-order valence-electron chi connectivity index (χ2n) is 6.07. The fourth-order valence-electron chi connectivity index (χ4n) is 3.10. The van der Waals surface area contributed by atoms with E-state index in [1.807, 2.05) is 70.9 Å². The molecule has 4 rings (SSSR count). The third-order valence-electron chi connectivity index (χ3n) is 4.26. The molecule has 1 atom stereocenters. The van der Waals surface area contributed by atoms with E-state index in [0.29, 0.717) is 12.4 Å². The monoisotopic (exact) mass is 388 g/mol. The Bertz CT molecular complexity index is 878. The highest BCUT2D eigenvalue weighted by atomic mass is 35.5. The second-order valence-corrected chi connectivity index (χ2v) is 7.22. The topological polar surface area (TPSA) is 59.0 Å². The first kappa shape index (κ1) is 18.8. The van der Waals surface area contributed by atoms with Crippen LogP contribution in [-0.4, -0.2) is 39.6 Å². The second kappa shape index (κ2) is 8.58. The molecule has 1 aliphatic heterocycles. The molecule has 1 saturated heterocycles. The van der Waals surface area contributed by atoms with Gasteiger partial charge in [-0.1, -0.05) is 30.3 Å². The van der Waals surface area contributed by atoms with Crippen molar-refractivity contribution in [2.24, 2.45) is 0 Å².